The number of amides is 1. The minimum atomic E-state index is -4.32. The van der Waals surface area contributed by atoms with E-state index in [4.69, 9.17) is 23.2 Å². The third-order valence-electron chi connectivity index (χ3n) is 7.81. The highest BCUT2D eigenvalue weighted by Crippen LogP contribution is 2.55. The molecule has 0 N–H and O–H groups in total. The zero-order valence-electron chi connectivity index (χ0n) is 19.4. The Kier molecular flexibility index (Phi) is 6.84. The van der Waals surface area contributed by atoms with Crippen molar-refractivity contribution in [2.75, 3.05) is 26.2 Å². The maximum Gasteiger partial charge on any atom is 0.416 e. The highest BCUT2D eigenvalue weighted by Gasteiger charge is 2.58. The smallest absolute Gasteiger partial charge is 0.335 e. The van der Waals surface area contributed by atoms with Gasteiger partial charge in [-0.25, -0.2) is 0 Å². The van der Waals surface area contributed by atoms with Gasteiger partial charge < -0.3 is 9.80 Å². The van der Waals surface area contributed by atoms with Gasteiger partial charge in [-0.2, -0.15) is 13.2 Å². The summed E-state index contributed by atoms with van der Waals surface area (Å²) < 4.78 is 38.4. The Labute approximate surface area is 214 Å². The van der Waals surface area contributed by atoms with Gasteiger partial charge in [0.15, 0.2) is 0 Å². The fourth-order valence-electron chi connectivity index (χ4n) is 5.67. The van der Waals surface area contributed by atoms with E-state index >= 15 is 0 Å². The van der Waals surface area contributed by atoms with Crippen LogP contribution in [0.1, 0.15) is 59.9 Å². The van der Waals surface area contributed by atoms with Crippen molar-refractivity contribution in [1.82, 2.24) is 9.80 Å². The zero-order valence-corrected chi connectivity index (χ0v) is 20.9. The van der Waals surface area contributed by atoms with Gasteiger partial charge in [0, 0.05) is 13.1 Å². The van der Waals surface area contributed by atoms with E-state index in [-0.39, 0.29) is 23.8 Å². The normalized spacial score (nSPS) is 24.8. The summed E-state index contributed by atoms with van der Waals surface area (Å²) in [6, 6.07) is 14.0. The number of hydrogen-bond donors (Lipinski definition) is 0. The molecule has 1 amide bonds. The minimum Gasteiger partial charge on any atom is -0.335 e. The monoisotopic (exact) mass is 524 g/mol. The van der Waals surface area contributed by atoms with Crippen molar-refractivity contribution in [3.63, 3.8) is 0 Å². The number of hydrogen-bond acceptors (Lipinski definition) is 2. The Morgan fingerprint density at radius 3 is 2.43 bits per heavy atom. The van der Waals surface area contributed by atoms with Crippen molar-refractivity contribution >= 4 is 29.1 Å². The maximum atomic E-state index is 13.2. The van der Waals surface area contributed by atoms with E-state index < -0.39 is 16.1 Å². The van der Waals surface area contributed by atoms with Gasteiger partial charge in [-0.3, -0.25) is 4.79 Å². The molecule has 3 nitrogen and oxygen atoms in total. The Hall–Kier alpha value is -1.76. The first-order chi connectivity index (χ1) is 16.6. The Morgan fingerprint density at radius 2 is 1.74 bits per heavy atom. The van der Waals surface area contributed by atoms with Crippen LogP contribution in [0, 0.1) is 5.92 Å². The molecule has 0 radical (unpaired) electrons. The lowest BCUT2D eigenvalue weighted by atomic mass is 9.87. The molecule has 2 aromatic rings. The fourth-order valence-corrected chi connectivity index (χ4v) is 6.17. The average molecular weight is 525 g/mol. The Balaban J connectivity index is 1.23. The Morgan fingerprint density at radius 1 is 1.03 bits per heavy atom. The van der Waals surface area contributed by atoms with E-state index in [1.807, 2.05) is 23.1 Å². The second kappa shape index (κ2) is 9.60. The van der Waals surface area contributed by atoms with Crippen LogP contribution in [0.25, 0.3) is 0 Å². The van der Waals surface area contributed by atoms with Gasteiger partial charge in [-0.1, -0.05) is 42.5 Å². The first-order valence-corrected chi connectivity index (χ1v) is 13.0. The lowest BCUT2D eigenvalue weighted by Gasteiger charge is -2.40. The molecule has 2 aliphatic heterocycles. The minimum absolute atomic E-state index is 0.0154. The van der Waals surface area contributed by atoms with Gasteiger partial charge in [0.1, 0.15) is 4.33 Å². The topological polar surface area (TPSA) is 23.6 Å². The van der Waals surface area contributed by atoms with Gasteiger partial charge in [-0.05, 0) is 73.9 Å². The molecule has 2 heterocycles. The van der Waals surface area contributed by atoms with Crippen molar-refractivity contribution in [3.8, 4) is 0 Å². The highest BCUT2D eigenvalue weighted by molar-refractivity contribution is 6.52. The average Bonchev–Trinajstić information content (AvgIpc) is 3.49. The van der Waals surface area contributed by atoms with Crippen LogP contribution in [-0.4, -0.2) is 46.2 Å². The molecule has 0 spiro atoms. The number of carbonyl (C=O) groups excluding carboxylic acids is 1. The number of benzene rings is 2. The third kappa shape index (κ3) is 5.35. The highest BCUT2D eigenvalue weighted by atomic mass is 35.5. The summed E-state index contributed by atoms with van der Waals surface area (Å²) in [6.07, 6.45) is -0.527. The number of carbonyl (C=O) groups is 1. The molecular formula is C27H29Cl2F3N2O. The number of halogens is 5. The first kappa shape index (κ1) is 24.9. The van der Waals surface area contributed by atoms with Crippen molar-refractivity contribution in [2.45, 2.75) is 54.6 Å². The molecule has 1 aliphatic carbocycles. The Bertz CT molecular complexity index is 1080. The van der Waals surface area contributed by atoms with Crippen LogP contribution in [0.15, 0.2) is 48.5 Å². The molecule has 5 rings (SSSR count). The molecule has 1 saturated carbocycles. The molecule has 3 aliphatic rings. The van der Waals surface area contributed by atoms with Crippen molar-refractivity contribution in [3.05, 3.63) is 70.8 Å². The molecule has 35 heavy (non-hydrogen) atoms. The summed E-state index contributed by atoms with van der Waals surface area (Å²) in [4.78, 5) is 17.5. The number of rotatable bonds is 5. The molecule has 2 aromatic carbocycles. The number of nitrogens with zero attached hydrogens (tertiary/aromatic N) is 2. The van der Waals surface area contributed by atoms with Gasteiger partial charge >= 0.3 is 6.18 Å². The number of likely N-dealkylation sites (tertiary alicyclic amines) is 1. The van der Waals surface area contributed by atoms with Crippen LogP contribution in [-0.2, 0) is 17.4 Å². The number of alkyl halides is 5. The summed E-state index contributed by atoms with van der Waals surface area (Å²) in [5.74, 6) is -0.156. The van der Waals surface area contributed by atoms with Crippen molar-refractivity contribution < 1.29 is 18.0 Å². The van der Waals surface area contributed by atoms with E-state index in [0.717, 1.165) is 56.9 Å². The summed E-state index contributed by atoms with van der Waals surface area (Å²) >= 11 is 12.4. The quantitative estimate of drug-likeness (QED) is 0.411. The van der Waals surface area contributed by atoms with Gasteiger partial charge in [0.25, 0.3) is 0 Å². The summed E-state index contributed by atoms with van der Waals surface area (Å²) in [5.41, 5.74) is 2.67. The molecule has 0 bridgehead atoms. The van der Waals surface area contributed by atoms with E-state index in [1.54, 1.807) is 0 Å². The van der Waals surface area contributed by atoms with Crippen molar-refractivity contribution in [1.29, 1.82) is 0 Å². The summed E-state index contributed by atoms with van der Waals surface area (Å²) in [7, 11) is 0. The molecular weight excluding hydrogens is 496 g/mol. The molecule has 2 unspecified atom stereocenters. The lowest BCUT2D eigenvalue weighted by Crippen LogP contribution is -2.43. The van der Waals surface area contributed by atoms with E-state index in [1.165, 1.54) is 23.3 Å². The third-order valence-corrected chi connectivity index (χ3v) is 8.65. The van der Waals surface area contributed by atoms with Crippen LogP contribution in [0.3, 0.4) is 0 Å². The van der Waals surface area contributed by atoms with E-state index in [0.29, 0.717) is 13.0 Å². The van der Waals surface area contributed by atoms with Gasteiger partial charge in [0.2, 0.25) is 5.91 Å². The second-order valence-corrected chi connectivity index (χ2v) is 11.6. The van der Waals surface area contributed by atoms with Gasteiger partial charge in [0.05, 0.1) is 17.5 Å². The van der Waals surface area contributed by atoms with Gasteiger partial charge in [-0.15, -0.1) is 23.2 Å². The molecule has 2 atom stereocenters. The zero-order chi connectivity index (χ0) is 24.8. The first-order valence-electron chi connectivity index (χ1n) is 12.3. The molecule has 8 heteroatoms. The maximum absolute atomic E-state index is 13.2. The molecule has 188 valence electrons. The number of fused-ring (bicyclic) bond motifs is 1. The van der Waals surface area contributed by atoms with Crippen LogP contribution >= 0.6 is 23.2 Å². The summed E-state index contributed by atoms with van der Waals surface area (Å²) in [6.45, 7) is 3.16. The van der Waals surface area contributed by atoms with Crippen molar-refractivity contribution in [2.24, 2.45) is 5.92 Å². The SMILES string of the molecule is O=C(C1CC1(Cl)Cl)N1CCc2ccccc2C1CCN1CCC(c2cccc(C(F)(F)F)c2)CC1. The van der Waals surface area contributed by atoms with Crippen LogP contribution in [0.4, 0.5) is 13.2 Å². The number of piperidine rings is 1. The largest absolute Gasteiger partial charge is 0.416 e. The summed E-state index contributed by atoms with van der Waals surface area (Å²) in [5, 5.41) is 0. The second-order valence-electron chi connectivity index (χ2n) is 10.0. The standard InChI is InChI=1S/C27H29Cl2F3N2O/c28-26(29)17-23(26)25(35)34-15-10-19-4-1-2-7-22(19)24(34)11-14-33-12-8-18(9-13-33)20-5-3-6-21(16-20)27(30,31)32/h1-7,16,18,23-24H,8-15,17H2. The van der Waals surface area contributed by atoms with E-state index in [9.17, 15) is 18.0 Å². The lowest BCUT2D eigenvalue weighted by molar-refractivity contribution is -0.137. The van der Waals surface area contributed by atoms with Crippen LogP contribution in [0.2, 0.25) is 0 Å². The van der Waals surface area contributed by atoms with E-state index in [2.05, 4.69) is 17.0 Å². The molecule has 2 fully saturated rings. The predicted octanol–water partition coefficient (Wildman–Crippen LogP) is 6.59. The van der Waals surface area contributed by atoms with Crippen LogP contribution in [0.5, 0.6) is 0 Å². The van der Waals surface area contributed by atoms with Crippen LogP contribution < -0.4 is 0 Å². The molecule has 0 aromatic heterocycles. The molecule has 1 saturated heterocycles. The fraction of sp³-hybridized carbons (Fsp3) is 0.519. The predicted molar refractivity (Wildman–Crippen MR) is 132 cm³/mol.